The molecule has 0 spiro atoms. The lowest BCUT2D eigenvalue weighted by atomic mass is 10.1. The summed E-state index contributed by atoms with van der Waals surface area (Å²) in [5.74, 6) is 1.70. The van der Waals surface area contributed by atoms with E-state index < -0.39 is 0 Å². The molecule has 0 fully saturated rings. The number of nitrogens with zero attached hydrogens (tertiary/aromatic N) is 4. The molecule has 0 saturated heterocycles. The molecule has 0 atom stereocenters. The molecule has 0 aliphatic carbocycles. The SMILES string of the molecule is COc1ccc(-c2cc3ncn(C)c(=O)c3c(NCc3ccncc3)n2)cc1OC. The Hall–Kier alpha value is -3.94. The van der Waals surface area contributed by atoms with E-state index in [1.54, 1.807) is 39.7 Å². The predicted molar refractivity (Wildman–Crippen MR) is 115 cm³/mol. The molecule has 0 saturated carbocycles. The lowest BCUT2D eigenvalue weighted by molar-refractivity contribution is 0.355. The fourth-order valence-electron chi connectivity index (χ4n) is 3.18. The van der Waals surface area contributed by atoms with Gasteiger partial charge in [-0.25, -0.2) is 9.97 Å². The van der Waals surface area contributed by atoms with Gasteiger partial charge in [0.05, 0.1) is 31.8 Å². The first-order valence-electron chi connectivity index (χ1n) is 9.32. The van der Waals surface area contributed by atoms with Gasteiger partial charge in [0.1, 0.15) is 11.2 Å². The van der Waals surface area contributed by atoms with E-state index in [-0.39, 0.29) is 5.56 Å². The van der Waals surface area contributed by atoms with Gasteiger partial charge in [0, 0.05) is 31.5 Å². The third kappa shape index (κ3) is 3.67. The highest BCUT2D eigenvalue weighted by molar-refractivity contribution is 5.91. The van der Waals surface area contributed by atoms with Gasteiger partial charge in [-0.05, 0) is 42.0 Å². The molecular formula is C22H21N5O3. The molecule has 0 aliphatic rings. The van der Waals surface area contributed by atoms with Crippen LogP contribution >= 0.6 is 0 Å². The summed E-state index contributed by atoms with van der Waals surface area (Å²) < 4.78 is 12.2. The van der Waals surface area contributed by atoms with Crippen LogP contribution in [0.5, 0.6) is 11.5 Å². The van der Waals surface area contributed by atoms with Gasteiger partial charge < -0.3 is 19.4 Å². The summed E-state index contributed by atoms with van der Waals surface area (Å²) in [6, 6.07) is 11.2. The Morgan fingerprint density at radius 3 is 2.53 bits per heavy atom. The Morgan fingerprint density at radius 1 is 1.03 bits per heavy atom. The minimum atomic E-state index is -0.163. The van der Waals surface area contributed by atoms with E-state index in [9.17, 15) is 4.79 Å². The Morgan fingerprint density at radius 2 is 1.80 bits per heavy atom. The zero-order valence-corrected chi connectivity index (χ0v) is 16.9. The summed E-state index contributed by atoms with van der Waals surface area (Å²) in [5.41, 5.74) is 2.92. The molecule has 1 N–H and O–H groups in total. The van der Waals surface area contributed by atoms with Crippen molar-refractivity contribution < 1.29 is 9.47 Å². The minimum absolute atomic E-state index is 0.163. The normalized spacial score (nSPS) is 10.8. The number of fused-ring (bicyclic) bond motifs is 1. The number of anilines is 1. The first-order chi connectivity index (χ1) is 14.6. The molecule has 8 heteroatoms. The van der Waals surface area contributed by atoms with Crippen molar-refractivity contribution in [3.63, 3.8) is 0 Å². The van der Waals surface area contributed by atoms with E-state index in [2.05, 4.69) is 15.3 Å². The van der Waals surface area contributed by atoms with E-state index in [4.69, 9.17) is 14.5 Å². The van der Waals surface area contributed by atoms with Crippen molar-refractivity contribution in [2.24, 2.45) is 7.05 Å². The van der Waals surface area contributed by atoms with Gasteiger partial charge in [0.15, 0.2) is 11.5 Å². The number of aryl methyl sites for hydroxylation is 1. The van der Waals surface area contributed by atoms with Crippen LogP contribution in [0.3, 0.4) is 0 Å². The molecule has 30 heavy (non-hydrogen) atoms. The van der Waals surface area contributed by atoms with Crippen LogP contribution in [0.1, 0.15) is 5.56 Å². The standard InChI is InChI=1S/C22H21N5O3/c1-27-13-25-17-11-16(15-4-5-18(29-2)19(10-15)30-3)26-21(20(17)22(27)28)24-12-14-6-8-23-9-7-14/h4-11,13H,12H2,1-3H3,(H,24,26). The van der Waals surface area contributed by atoms with Crippen molar-refractivity contribution in [3.05, 3.63) is 71.0 Å². The molecular weight excluding hydrogens is 382 g/mol. The molecule has 4 aromatic rings. The number of hydrogen-bond acceptors (Lipinski definition) is 7. The van der Waals surface area contributed by atoms with E-state index in [0.717, 1.165) is 11.1 Å². The van der Waals surface area contributed by atoms with Crippen molar-refractivity contribution in [1.29, 1.82) is 0 Å². The highest BCUT2D eigenvalue weighted by Crippen LogP contribution is 2.33. The average Bonchev–Trinajstić information content (AvgIpc) is 2.79. The van der Waals surface area contributed by atoms with Crippen LogP contribution in [0, 0.1) is 0 Å². The fraction of sp³-hybridized carbons (Fsp3) is 0.182. The summed E-state index contributed by atoms with van der Waals surface area (Å²) in [7, 11) is 4.85. The van der Waals surface area contributed by atoms with Gasteiger partial charge in [0.25, 0.3) is 5.56 Å². The lowest BCUT2D eigenvalue weighted by Crippen LogP contribution is -2.19. The van der Waals surface area contributed by atoms with Crippen molar-refractivity contribution in [2.75, 3.05) is 19.5 Å². The summed E-state index contributed by atoms with van der Waals surface area (Å²) >= 11 is 0. The van der Waals surface area contributed by atoms with Gasteiger partial charge in [0.2, 0.25) is 0 Å². The first-order valence-corrected chi connectivity index (χ1v) is 9.32. The van der Waals surface area contributed by atoms with E-state index in [1.165, 1.54) is 10.9 Å². The van der Waals surface area contributed by atoms with Crippen LogP contribution in [0.15, 0.2) is 59.9 Å². The van der Waals surface area contributed by atoms with Crippen LogP contribution in [-0.2, 0) is 13.6 Å². The fourth-order valence-corrected chi connectivity index (χ4v) is 3.18. The van der Waals surface area contributed by atoms with Gasteiger partial charge >= 0.3 is 0 Å². The van der Waals surface area contributed by atoms with E-state index in [1.807, 2.05) is 30.3 Å². The number of ether oxygens (including phenoxy) is 2. The van der Waals surface area contributed by atoms with Gasteiger partial charge in [-0.15, -0.1) is 0 Å². The molecule has 3 aromatic heterocycles. The molecule has 3 heterocycles. The van der Waals surface area contributed by atoms with Crippen molar-refractivity contribution in [1.82, 2.24) is 19.5 Å². The maximum atomic E-state index is 12.8. The third-order valence-corrected chi connectivity index (χ3v) is 4.79. The Kier molecular flexibility index (Phi) is 5.30. The van der Waals surface area contributed by atoms with Gasteiger partial charge in [-0.3, -0.25) is 9.78 Å². The highest BCUT2D eigenvalue weighted by Gasteiger charge is 2.14. The van der Waals surface area contributed by atoms with E-state index >= 15 is 0 Å². The monoisotopic (exact) mass is 403 g/mol. The van der Waals surface area contributed by atoms with E-state index in [0.29, 0.717) is 40.5 Å². The molecule has 8 nitrogen and oxygen atoms in total. The summed E-state index contributed by atoms with van der Waals surface area (Å²) in [4.78, 5) is 26.0. The smallest absolute Gasteiger partial charge is 0.264 e. The van der Waals surface area contributed by atoms with Crippen molar-refractivity contribution in [2.45, 2.75) is 6.54 Å². The number of hydrogen-bond donors (Lipinski definition) is 1. The predicted octanol–water partition coefficient (Wildman–Crippen LogP) is 3.02. The molecule has 1 aromatic carbocycles. The maximum Gasteiger partial charge on any atom is 0.264 e. The Labute approximate surface area is 173 Å². The quantitative estimate of drug-likeness (QED) is 0.529. The number of aromatic nitrogens is 4. The molecule has 0 unspecified atom stereocenters. The summed E-state index contributed by atoms with van der Waals surface area (Å²) in [6.07, 6.45) is 4.96. The molecule has 4 rings (SSSR count). The summed E-state index contributed by atoms with van der Waals surface area (Å²) in [5, 5.41) is 3.73. The minimum Gasteiger partial charge on any atom is -0.493 e. The first kappa shape index (κ1) is 19.4. The van der Waals surface area contributed by atoms with Crippen LogP contribution in [0.4, 0.5) is 5.82 Å². The molecule has 0 aliphatic heterocycles. The topological polar surface area (TPSA) is 91.2 Å². The third-order valence-electron chi connectivity index (χ3n) is 4.79. The Balaban J connectivity index is 1.84. The Bertz CT molecular complexity index is 1260. The average molecular weight is 403 g/mol. The molecule has 0 amide bonds. The number of pyridine rings is 2. The lowest BCUT2D eigenvalue weighted by Gasteiger charge is -2.13. The zero-order chi connectivity index (χ0) is 21.1. The number of methoxy groups -OCH3 is 2. The molecule has 0 radical (unpaired) electrons. The van der Waals surface area contributed by atoms with Crippen molar-refractivity contribution in [3.8, 4) is 22.8 Å². The number of nitrogens with one attached hydrogen (secondary N) is 1. The second kappa shape index (κ2) is 8.20. The van der Waals surface area contributed by atoms with Gasteiger partial charge in [-0.1, -0.05) is 0 Å². The molecule has 152 valence electrons. The van der Waals surface area contributed by atoms with Crippen LogP contribution in [0.25, 0.3) is 22.2 Å². The maximum absolute atomic E-state index is 12.8. The van der Waals surface area contributed by atoms with Gasteiger partial charge in [-0.2, -0.15) is 0 Å². The molecule has 0 bridgehead atoms. The number of benzene rings is 1. The summed E-state index contributed by atoms with van der Waals surface area (Å²) in [6.45, 7) is 0.498. The highest BCUT2D eigenvalue weighted by atomic mass is 16.5. The van der Waals surface area contributed by atoms with Crippen molar-refractivity contribution >= 4 is 16.7 Å². The number of rotatable bonds is 6. The van der Waals surface area contributed by atoms with Crippen LogP contribution < -0.4 is 20.3 Å². The second-order valence-corrected chi connectivity index (χ2v) is 6.69. The van der Waals surface area contributed by atoms with Crippen LogP contribution in [0.2, 0.25) is 0 Å². The largest absolute Gasteiger partial charge is 0.493 e. The van der Waals surface area contributed by atoms with Crippen LogP contribution in [-0.4, -0.2) is 33.7 Å². The zero-order valence-electron chi connectivity index (χ0n) is 16.9. The second-order valence-electron chi connectivity index (χ2n) is 6.69.